The van der Waals surface area contributed by atoms with Crippen molar-refractivity contribution < 1.29 is 98.5 Å². The van der Waals surface area contributed by atoms with Gasteiger partial charge in [0.05, 0.1) is 36.4 Å². The molecule has 0 spiro atoms. The number of aliphatic hydroxyl groups is 10. The lowest BCUT2D eigenvalue weighted by Gasteiger charge is -2.39. The van der Waals surface area contributed by atoms with Crippen LogP contribution in [0.4, 0.5) is 9.59 Å². The van der Waals surface area contributed by atoms with Crippen molar-refractivity contribution in [1.82, 2.24) is 51.6 Å². The van der Waals surface area contributed by atoms with Crippen LogP contribution in [0.15, 0.2) is 91.0 Å². The number of nitrogens with one attached hydrogen (secondary N) is 6. The molecule has 0 aliphatic carbocycles. The molecule has 10 aliphatic heterocycles. The highest BCUT2D eigenvalue weighted by molar-refractivity contribution is 7.80. The third-order valence-corrected chi connectivity index (χ3v) is 26.3. The summed E-state index contributed by atoms with van der Waals surface area (Å²) in [6.07, 6.45) is 20.0. The molecule has 6 amide bonds. The number of thiocarbonyl (C=S) groups is 1. The molecular formula is C70H120N12O19P5S+. The minimum atomic E-state index is -1.23. The van der Waals surface area contributed by atoms with E-state index in [-0.39, 0.29) is 35.7 Å². The zero-order valence-electron chi connectivity index (χ0n) is 63.8. The Morgan fingerprint density at radius 2 is 0.963 bits per heavy atom. The number of hydrogen-bond acceptors (Lipinski definition) is 24. The Morgan fingerprint density at radius 3 is 1.43 bits per heavy atom. The fraction of sp³-hybridized carbons (Fsp3) is 0.629. The van der Waals surface area contributed by atoms with Gasteiger partial charge in [-0.2, -0.15) is 5.10 Å². The summed E-state index contributed by atoms with van der Waals surface area (Å²) in [5.41, 5.74) is 0.977. The number of rotatable bonds is 20. The van der Waals surface area contributed by atoms with Crippen LogP contribution >= 0.6 is 46.6 Å². The van der Waals surface area contributed by atoms with Gasteiger partial charge in [0, 0.05) is 37.3 Å². The highest BCUT2D eigenvalue weighted by Crippen LogP contribution is 2.44. The first-order chi connectivity index (χ1) is 49.3. The molecule has 0 aromatic heterocycles. The van der Waals surface area contributed by atoms with Crippen molar-refractivity contribution in [3.63, 3.8) is 0 Å². The molecule has 10 rings (SSSR count). The third kappa shape index (κ3) is 25.9. The van der Waals surface area contributed by atoms with Crippen LogP contribution in [0.2, 0.25) is 0 Å². The molecular weight excluding hydrogens is 1500 g/mol. The van der Waals surface area contributed by atoms with Gasteiger partial charge in [-0.25, -0.2) is 29.8 Å². The topological polar surface area (TPSA) is 417 Å². The first kappa shape index (κ1) is 91.1. The molecule has 6 unspecified atom stereocenters. The van der Waals surface area contributed by atoms with E-state index in [0.29, 0.717) is 72.4 Å². The molecule has 6 saturated heterocycles. The summed E-state index contributed by atoms with van der Waals surface area (Å²) < 4.78 is 30.5. The monoisotopic (exact) mass is 1620 g/mol. The number of ether oxygens (including phenoxy) is 5. The maximum atomic E-state index is 11.6. The maximum absolute atomic E-state index is 11.6. The van der Waals surface area contributed by atoms with Crippen LogP contribution in [0.5, 0.6) is 0 Å². The second-order valence-electron chi connectivity index (χ2n) is 31.9. The molecule has 10 aliphatic rings. The van der Waals surface area contributed by atoms with Crippen molar-refractivity contribution in [3.05, 3.63) is 85.9 Å². The minimum Gasteiger partial charge on any atom is -0.388 e. The van der Waals surface area contributed by atoms with Crippen molar-refractivity contribution in [2.75, 3.05) is 111 Å². The molecule has 6 fully saturated rings. The zero-order chi connectivity index (χ0) is 80.7. The smallest absolute Gasteiger partial charge is 0.388 e. The maximum Gasteiger partial charge on any atom is 0.440 e. The van der Waals surface area contributed by atoms with Gasteiger partial charge in [-0.05, 0) is 142 Å². The fourth-order valence-corrected chi connectivity index (χ4v) is 17.4. The quantitative estimate of drug-likeness (QED) is 0.0441. The van der Waals surface area contributed by atoms with E-state index in [9.17, 15) is 70.2 Å². The molecule has 107 heavy (non-hydrogen) atoms. The van der Waals surface area contributed by atoms with Crippen LogP contribution in [0.3, 0.4) is 0 Å². The van der Waals surface area contributed by atoms with E-state index in [1.807, 2.05) is 0 Å². The molecule has 0 saturated carbocycles. The van der Waals surface area contributed by atoms with Gasteiger partial charge in [-0.1, -0.05) is 45.5 Å². The third-order valence-electron chi connectivity index (χ3n) is 18.7. The van der Waals surface area contributed by atoms with Crippen LogP contribution in [-0.4, -0.2) is 382 Å². The van der Waals surface area contributed by atoms with Crippen molar-refractivity contribution in [3.8, 4) is 0 Å². The van der Waals surface area contributed by atoms with Crippen molar-refractivity contribution in [2.24, 2.45) is 11.0 Å². The van der Waals surface area contributed by atoms with Crippen LogP contribution in [0.25, 0.3) is 0 Å². The van der Waals surface area contributed by atoms with Gasteiger partial charge in [-0.15, -0.1) is 65.9 Å². The summed E-state index contributed by atoms with van der Waals surface area (Å²) in [6.45, 7) is 36.2. The Hall–Kier alpha value is -4.81. The van der Waals surface area contributed by atoms with Gasteiger partial charge in [0.2, 0.25) is 18.0 Å². The Balaban J connectivity index is 0.000000209. The minimum absolute atomic E-state index is 0.0885. The number of nitrogens with zero attached hydrogens (tertiary/aromatic N) is 6. The Labute approximate surface area is 636 Å². The number of urea groups is 2. The second kappa shape index (κ2) is 37.7. The molecule has 21 atom stereocenters. The average molecular weight is 1620 g/mol. The van der Waals surface area contributed by atoms with E-state index in [4.69, 9.17) is 35.9 Å². The standard InChI is InChI=1S/C15H25N2O4P.C15H27N2O4P.C14H23N2O3PS.2C13H22N3O4P/c1-9-10(8-17(2)15(20)16-9)14-13(19)12(18)11(21-14)6-7-22(3,4)5;1-9-8-17(10(2)16-14(9)20)15-13(19)12(18)11(21-15)6-7-22(3,4)5;1-9-15-11(21)5-7-16(9)14-13(18)12(17)10(19-14)6-8-20(2,3)4;1-8-15-13(19)14-7-16(8)12-11(18)10(17)9(20-12)5-6-21(2,3)4;1-8-15-10(17)7-14-16(8)13-12(19)11(18)9(20-13)5-6-21(2,3)4/h8,11-14,18-19H,1,3,6-7H2,2,4-5H3,(H,16,20);9,11-13,15,18-19H,2-3,6-8H2,1,4-5H3,(H,16,20);5,7,10,12-14,17-18H,1-2,6,8H2,3-4H3,(H,15,21);7,9-12,17-18H,1-2,5-6H2,3-4H3,(H,15,19);7,9,11-13,18-19H,1-2,5-6H2,3-4H3,(H,15,17)/p+1/t11-,12-,13-,14?;9?,11-,12-,13-,15?;10-,12-,13-,14?;9-,10-,11-,12?;9-,11-,12-,13?/m11111/s1. The lowest BCUT2D eigenvalue weighted by Crippen LogP contribution is -2.54. The Bertz CT molecular complexity index is 3610. The molecule has 0 aromatic carbocycles. The summed E-state index contributed by atoms with van der Waals surface area (Å²) in [5.74, 6) is 0.750. The summed E-state index contributed by atoms with van der Waals surface area (Å²) in [5, 5.41) is 123. The molecule has 31 nitrogen and oxygen atoms in total. The highest BCUT2D eigenvalue weighted by Gasteiger charge is 2.52. The SMILES string of the molecule is C=C1NC(=O)C(C)CN1C1O[C@H](CCP(=C)(C)C)[C@@H](O)[C@H]1O.C=C1NC(=O)C=NN1C1O[C@H](CCP(=C)(C)C)[C@@H](O)[C@H]1O.C=C1NC(=O)N(C)C=C1C1O[C@H](CCP(=C)(C)C)[C@@H](O)[C@H]1O.C=C1NC(=O)NC=[N+]1C1O[C@H](CCP(=C)(C)C)[C@@H](O)[C@H]1O.C=C1NC(=S)C=CN1C1O[C@H](CCP(=C)(C)C)[C@@H](O)[C@H]1O. The number of hydrazone groups is 1. The van der Waals surface area contributed by atoms with Crippen molar-refractivity contribution in [1.29, 1.82) is 0 Å². The number of hydrogen-bond donors (Lipinski definition) is 16. The fourth-order valence-electron chi connectivity index (χ4n) is 12.4. The van der Waals surface area contributed by atoms with Gasteiger partial charge in [0.25, 0.3) is 5.91 Å². The van der Waals surface area contributed by atoms with E-state index in [0.717, 1.165) is 37.0 Å². The molecule has 0 bridgehead atoms. The van der Waals surface area contributed by atoms with Crippen molar-refractivity contribution in [2.45, 2.75) is 162 Å². The molecule has 0 radical (unpaired) electrons. The lowest BCUT2D eigenvalue weighted by molar-refractivity contribution is -0.579. The van der Waals surface area contributed by atoms with Gasteiger partial charge in [0.15, 0.2) is 25.0 Å². The first-order valence-corrected chi connectivity index (χ1v) is 50.8. The summed E-state index contributed by atoms with van der Waals surface area (Å²) in [7, 11) is 1.60. The number of carbonyl (C=O) groups excluding carboxylic acids is 4. The largest absolute Gasteiger partial charge is 0.440 e. The van der Waals surface area contributed by atoms with Crippen LogP contribution in [-0.2, 0) is 33.3 Å². The van der Waals surface area contributed by atoms with Crippen LogP contribution in [0.1, 0.15) is 39.0 Å². The van der Waals surface area contributed by atoms with E-state index in [1.54, 1.807) is 42.2 Å². The van der Waals surface area contributed by atoms with E-state index >= 15 is 0 Å². The van der Waals surface area contributed by atoms with Crippen molar-refractivity contribution >= 4 is 120 Å². The Kier molecular flexibility index (Phi) is 32.1. The lowest BCUT2D eigenvalue weighted by atomic mass is 9.99. The molecule has 16 N–H and O–H groups in total. The predicted molar refractivity (Wildman–Crippen MR) is 438 cm³/mol. The van der Waals surface area contributed by atoms with Crippen LogP contribution < -0.4 is 31.9 Å². The van der Waals surface area contributed by atoms with Crippen LogP contribution in [0, 0.1) is 5.92 Å². The van der Waals surface area contributed by atoms with E-state index in [2.05, 4.69) is 168 Å². The van der Waals surface area contributed by atoms with Gasteiger partial charge in [0.1, 0.15) is 95.8 Å². The molecule has 0 aromatic rings. The molecule has 10 heterocycles. The number of carbonyl (C=O) groups is 4. The van der Waals surface area contributed by atoms with Gasteiger partial charge in [-0.3, -0.25) is 9.59 Å². The Morgan fingerprint density at radius 1 is 0.533 bits per heavy atom. The van der Waals surface area contributed by atoms with E-state index < -0.39 is 157 Å². The molecule has 604 valence electrons. The highest BCUT2D eigenvalue weighted by atomic mass is 32.1. The summed E-state index contributed by atoms with van der Waals surface area (Å²) in [6, 6.07) is -0.689. The normalized spacial score (nSPS) is 34.0. The predicted octanol–water partition coefficient (Wildman–Crippen LogP) is 0.227. The second-order valence-corrected chi connectivity index (χ2v) is 53.9. The number of aliphatic hydroxyl groups excluding tert-OH is 10. The number of amides is 6. The summed E-state index contributed by atoms with van der Waals surface area (Å²) in [4.78, 5) is 50.8. The first-order valence-electron chi connectivity index (χ1n) is 35.1. The molecule has 37 heteroatoms. The van der Waals surface area contributed by atoms with Gasteiger partial charge >= 0.3 is 12.1 Å². The average Bonchev–Trinajstić information content (AvgIpc) is 1.70. The van der Waals surface area contributed by atoms with E-state index in [1.165, 1.54) is 20.8 Å². The summed E-state index contributed by atoms with van der Waals surface area (Å²) >= 11 is 5.03. The van der Waals surface area contributed by atoms with Gasteiger partial charge < -0.3 is 111 Å². The zero-order valence-corrected chi connectivity index (χ0v) is 69.1.